The number of rotatable bonds is 3. The molecule has 2 N–H and O–H groups in total. The van der Waals surface area contributed by atoms with Crippen LogP contribution in [0.15, 0.2) is 78.9 Å². The van der Waals surface area contributed by atoms with E-state index in [1.807, 2.05) is 30.3 Å². The first-order valence-electron chi connectivity index (χ1n) is 9.15. The van der Waals surface area contributed by atoms with Gasteiger partial charge in [-0.1, -0.05) is 30.3 Å². The number of halogens is 1. The number of amides is 1. The maximum atomic E-state index is 13.4. The van der Waals surface area contributed by atoms with Crippen molar-refractivity contribution in [3.63, 3.8) is 0 Å². The summed E-state index contributed by atoms with van der Waals surface area (Å²) >= 11 is 0. The Hall–Kier alpha value is -3.93. The van der Waals surface area contributed by atoms with Gasteiger partial charge in [0.2, 0.25) is 0 Å². The number of H-pyrrole nitrogens is 1. The fourth-order valence-electron chi connectivity index (χ4n) is 3.80. The van der Waals surface area contributed by atoms with E-state index >= 15 is 0 Å². The number of nitrogens with zero attached hydrogens (tertiary/aromatic N) is 2. The highest BCUT2D eigenvalue weighted by Crippen LogP contribution is 2.45. The third kappa shape index (κ3) is 2.77. The van der Waals surface area contributed by atoms with Gasteiger partial charge in [0, 0.05) is 16.8 Å². The summed E-state index contributed by atoms with van der Waals surface area (Å²) in [5.74, 6) is -0.376. The van der Waals surface area contributed by atoms with Crippen LogP contribution in [-0.4, -0.2) is 21.2 Å². The Morgan fingerprint density at radius 2 is 1.62 bits per heavy atom. The highest BCUT2D eigenvalue weighted by atomic mass is 19.1. The number of phenols is 1. The second-order valence-electron chi connectivity index (χ2n) is 6.87. The topological polar surface area (TPSA) is 69.2 Å². The summed E-state index contributed by atoms with van der Waals surface area (Å²) in [5.41, 5.74) is 4.05. The first-order valence-corrected chi connectivity index (χ1v) is 9.15. The molecule has 0 spiro atoms. The zero-order chi connectivity index (χ0) is 20.0. The molecule has 1 atom stereocenters. The van der Waals surface area contributed by atoms with Crippen molar-refractivity contribution in [3.05, 3.63) is 102 Å². The summed E-state index contributed by atoms with van der Waals surface area (Å²) in [6, 6.07) is 21.8. The number of aromatic nitrogens is 2. The van der Waals surface area contributed by atoms with E-state index in [1.54, 1.807) is 41.3 Å². The van der Waals surface area contributed by atoms with Crippen LogP contribution in [0, 0.1) is 5.82 Å². The minimum atomic E-state index is -0.431. The molecule has 6 heteroatoms. The lowest BCUT2D eigenvalue weighted by molar-refractivity contribution is 0.0989. The van der Waals surface area contributed by atoms with E-state index < -0.39 is 6.04 Å². The van der Waals surface area contributed by atoms with Crippen LogP contribution in [0.1, 0.15) is 27.7 Å². The number of carbonyl (C=O) groups is 1. The van der Waals surface area contributed by atoms with Gasteiger partial charge in [-0.3, -0.25) is 14.8 Å². The zero-order valence-electron chi connectivity index (χ0n) is 15.2. The van der Waals surface area contributed by atoms with Crippen molar-refractivity contribution in [2.75, 3.05) is 4.90 Å². The fourth-order valence-corrected chi connectivity index (χ4v) is 3.80. The Morgan fingerprint density at radius 3 is 2.31 bits per heavy atom. The number of phenolic OH excluding ortho intramolecular Hbond substituents is 1. The summed E-state index contributed by atoms with van der Waals surface area (Å²) < 4.78 is 13.4. The number of carbonyl (C=O) groups excluding carboxylic acids is 1. The molecule has 0 bridgehead atoms. The normalized spacial score (nSPS) is 15.6. The average Bonchev–Trinajstić information content (AvgIpc) is 3.29. The van der Waals surface area contributed by atoms with E-state index in [9.17, 15) is 14.3 Å². The molecule has 2 heterocycles. The number of aromatic hydroxyl groups is 1. The van der Waals surface area contributed by atoms with Crippen molar-refractivity contribution in [2.45, 2.75) is 6.04 Å². The number of anilines is 1. The standard InChI is InChI=1S/C23H16FN3O2/c24-16-10-6-14(7-11-16)20-19-21(26-25-20)23(29)27(17-4-2-1-3-5-17)22(19)15-8-12-18(28)13-9-15/h1-13,22,28H,(H,25,26)/t22-/m0/s1. The molecule has 1 amide bonds. The summed E-state index contributed by atoms with van der Waals surface area (Å²) in [4.78, 5) is 15.0. The Labute approximate surface area is 166 Å². The van der Waals surface area contributed by atoms with Crippen LogP contribution in [0.5, 0.6) is 5.75 Å². The lowest BCUT2D eigenvalue weighted by Gasteiger charge is -2.26. The molecule has 142 valence electrons. The van der Waals surface area contributed by atoms with Crippen molar-refractivity contribution < 1.29 is 14.3 Å². The maximum absolute atomic E-state index is 13.4. The summed E-state index contributed by atoms with van der Waals surface area (Å²) in [5, 5.41) is 17.0. The molecule has 0 unspecified atom stereocenters. The molecule has 5 nitrogen and oxygen atoms in total. The Balaban J connectivity index is 1.72. The smallest absolute Gasteiger partial charge is 0.277 e. The fraction of sp³-hybridized carbons (Fsp3) is 0.0435. The van der Waals surface area contributed by atoms with Gasteiger partial charge in [-0.2, -0.15) is 5.10 Å². The lowest BCUT2D eigenvalue weighted by atomic mass is 9.96. The predicted molar refractivity (Wildman–Crippen MR) is 107 cm³/mol. The average molecular weight is 385 g/mol. The maximum Gasteiger partial charge on any atom is 0.277 e. The molecule has 1 aliphatic rings. The van der Waals surface area contributed by atoms with Gasteiger partial charge in [0.1, 0.15) is 17.3 Å². The van der Waals surface area contributed by atoms with E-state index in [0.29, 0.717) is 11.4 Å². The molecular formula is C23H16FN3O2. The van der Waals surface area contributed by atoms with Crippen LogP contribution in [0.2, 0.25) is 0 Å². The lowest BCUT2D eigenvalue weighted by Crippen LogP contribution is -2.29. The summed E-state index contributed by atoms with van der Waals surface area (Å²) in [6.07, 6.45) is 0. The van der Waals surface area contributed by atoms with Crippen LogP contribution in [0.25, 0.3) is 11.3 Å². The molecule has 1 aromatic heterocycles. The zero-order valence-corrected chi connectivity index (χ0v) is 15.2. The monoisotopic (exact) mass is 385 g/mol. The van der Waals surface area contributed by atoms with Gasteiger partial charge in [-0.25, -0.2) is 4.39 Å². The van der Waals surface area contributed by atoms with Gasteiger partial charge in [-0.15, -0.1) is 0 Å². The van der Waals surface area contributed by atoms with Crippen molar-refractivity contribution in [1.29, 1.82) is 0 Å². The minimum absolute atomic E-state index is 0.149. The highest BCUT2D eigenvalue weighted by molar-refractivity contribution is 6.11. The number of para-hydroxylation sites is 1. The van der Waals surface area contributed by atoms with Gasteiger partial charge in [0.25, 0.3) is 5.91 Å². The molecule has 0 saturated heterocycles. The van der Waals surface area contributed by atoms with Crippen molar-refractivity contribution >= 4 is 11.6 Å². The molecule has 5 rings (SSSR count). The SMILES string of the molecule is O=C1c2[nH]nc(-c3ccc(F)cc3)c2[C@H](c2ccc(O)cc2)N1c1ccccc1. The van der Waals surface area contributed by atoms with Gasteiger partial charge in [-0.05, 0) is 54.1 Å². The molecule has 0 saturated carbocycles. The molecule has 3 aromatic carbocycles. The Bertz CT molecular complexity index is 1190. The number of hydrogen-bond acceptors (Lipinski definition) is 3. The Kier molecular flexibility index (Phi) is 3.91. The second kappa shape index (κ2) is 6.60. The van der Waals surface area contributed by atoms with E-state index in [0.717, 1.165) is 22.4 Å². The molecule has 0 aliphatic carbocycles. The molecule has 1 aliphatic heterocycles. The highest BCUT2D eigenvalue weighted by Gasteiger charge is 2.43. The van der Waals surface area contributed by atoms with Crippen molar-refractivity contribution in [2.24, 2.45) is 0 Å². The number of fused-ring (bicyclic) bond motifs is 1. The summed E-state index contributed by atoms with van der Waals surface area (Å²) in [7, 11) is 0. The molecule has 0 radical (unpaired) electrons. The Morgan fingerprint density at radius 1 is 0.931 bits per heavy atom. The van der Waals surface area contributed by atoms with Gasteiger partial charge < -0.3 is 5.11 Å². The van der Waals surface area contributed by atoms with Crippen LogP contribution in [-0.2, 0) is 0 Å². The first-order chi connectivity index (χ1) is 14.1. The van der Waals surface area contributed by atoms with Crippen molar-refractivity contribution in [3.8, 4) is 17.0 Å². The third-order valence-corrected chi connectivity index (χ3v) is 5.13. The number of benzene rings is 3. The second-order valence-corrected chi connectivity index (χ2v) is 6.87. The molecule has 29 heavy (non-hydrogen) atoms. The van der Waals surface area contributed by atoms with E-state index in [2.05, 4.69) is 10.2 Å². The first kappa shape index (κ1) is 17.2. The van der Waals surface area contributed by atoms with Gasteiger partial charge in [0.15, 0.2) is 0 Å². The van der Waals surface area contributed by atoms with E-state index in [1.165, 1.54) is 12.1 Å². The molecular weight excluding hydrogens is 369 g/mol. The minimum Gasteiger partial charge on any atom is -0.508 e. The van der Waals surface area contributed by atoms with Crippen LogP contribution in [0.3, 0.4) is 0 Å². The number of hydrogen-bond donors (Lipinski definition) is 2. The largest absolute Gasteiger partial charge is 0.508 e. The van der Waals surface area contributed by atoms with Crippen molar-refractivity contribution in [1.82, 2.24) is 10.2 Å². The van der Waals surface area contributed by atoms with Crippen LogP contribution >= 0.6 is 0 Å². The van der Waals surface area contributed by atoms with E-state index in [4.69, 9.17) is 0 Å². The third-order valence-electron chi connectivity index (χ3n) is 5.13. The van der Waals surface area contributed by atoms with Crippen LogP contribution < -0.4 is 4.90 Å². The van der Waals surface area contributed by atoms with E-state index in [-0.39, 0.29) is 17.5 Å². The van der Waals surface area contributed by atoms with Crippen LogP contribution in [0.4, 0.5) is 10.1 Å². The van der Waals surface area contributed by atoms with Gasteiger partial charge in [0.05, 0.1) is 11.7 Å². The number of aromatic amines is 1. The van der Waals surface area contributed by atoms with Gasteiger partial charge >= 0.3 is 0 Å². The quantitative estimate of drug-likeness (QED) is 0.538. The predicted octanol–water partition coefficient (Wildman–Crippen LogP) is 4.67. The molecule has 4 aromatic rings. The summed E-state index contributed by atoms with van der Waals surface area (Å²) in [6.45, 7) is 0. The number of nitrogens with one attached hydrogen (secondary N) is 1. The molecule has 0 fully saturated rings.